The highest BCUT2D eigenvalue weighted by Crippen LogP contribution is 2.33. The lowest BCUT2D eigenvalue weighted by molar-refractivity contribution is 0.0701. The molecule has 0 atom stereocenters. The van der Waals surface area contributed by atoms with E-state index in [1.165, 1.54) is 11.3 Å². The molecule has 0 saturated carbocycles. The van der Waals surface area contributed by atoms with Crippen LogP contribution in [0.25, 0.3) is 0 Å². The van der Waals surface area contributed by atoms with Gasteiger partial charge in [0, 0.05) is 16.9 Å². The highest BCUT2D eigenvalue weighted by molar-refractivity contribution is 7.14. The molecule has 4 heteroatoms. The smallest absolute Gasteiger partial charge is 0.346 e. The van der Waals surface area contributed by atoms with Gasteiger partial charge in [-0.15, -0.1) is 11.3 Å². The molecule has 3 nitrogen and oxygen atoms in total. The van der Waals surface area contributed by atoms with E-state index < -0.39 is 5.97 Å². The first-order valence-electron chi connectivity index (χ1n) is 4.50. The predicted octanol–water partition coefficient (Wildman–Crippen LogP) is 2.27. The fourth-order valence-corrected chi connectivity index (χ4v) is 3.06. The second-order valence-electron chi connectivity index (χ2n) is 3.44. The van der Waals surface area contributed by atoms with Crippen LogP contribution in [0.3, 0.4) is 0 Å². The molecule has 1 aromatic rings. The van der Waals surface area contributed by atoms with Gasteiger partial charge in [0.05, 0.1) is 0 Å². The monoisotopic (exact) mass is 210 g/mol. The highest BCUT2D eigenvalue weighted by atomic mass is 32.1. The first-order chi connectivity index (χ1) is 6.61. The Bertz CT molecular complexity index is 417. The summed E-state index contributed by atoms with van der Waals surface area (Å²) in [5.74, 6) is -0.817. The minimum atomic E-state index is -0.922. The maximum Gasteiger partial charge on any atom is 0.346 e. The fourth-order valence-electron chi connectivity index (χ4n) is 1.85. The number of carbonyl (C=O) groups excluding carboxylic acids is 1. The quantitative estimate of drug-likeness (QED) is 0.773. The molecule has 2 rings (SSSR count). The van der Waals surface area contributed by atoms with E-state index in [1.807, 2.05) is 0 Å². The number of aromatic carboxylic acids is 1. The lowest BCUT2D eigenvalue weighted by atomic mass is 9.94. The van der Waals surface area contributed by atoms with Crippen LogP contribution in [0.1, 0.15) is 43.3 Å². The van der Waals surface area contributed by atoms with Gasteiger partial charge in [0.1, 0.15) is 4.88 Å². The lowest BCUT2D eigenvalue weighted by Gasteiger charge is -2.09. The van der Waals surface area contributed by atoms with Crippen molar-refractivity contribution < 1.29 is 14.7 Å². The predicted molar refractivity (Wildman–Crippen MR) is 53.3 cm³/mol. The molecule has 0 fully saturated rings. The van der Waals surface area contributed by atoms with E-state index in [4.69, 9.17) is 5.11 Å². The van der Waals surface area contributed by atoms with Gasteiger partial charge < -0.3 is 5.11 Å². The van der Waals surface area contributed by atoms with E-state index in [9.17, 15) is 9.59 Å². The Hall–Kier alpha value is -1.16. The summed E-state index contributed by atoms with van der Waals surface area (Å²) in [6, 6.07) is 0. The van der Waals surface area contributed by atoms with Gasteiger partial charge in [-0.3, -0.25) is 4.79 Å². The molecule has 1 N–H and O–H groups in total. The van der Waals surface area contributed by atoms with Gasteiger partial charge in [0.2, 0.25) is 0 Å². The van der Waals surface area contributed by atoms with Crippen LogP contribution < -0.4 is 0 Å². The average molecular weight is 210 g/mol. The summed E-state index contributed by atoms with van der Waals surface area (Å²) in [5.41, 5.74) is 1.33. The molecule has 0 aromatic carbocycles. The Balaban J connectivity index is 2.60. The molecule has 0 amide bonds. The summed E-state index contributed by atoms with van der Waals surface area (Å²) in [6.07, 6.45) is 2.26. The summed E-state index contributed by atoms with van der Waals surface area (Å²) in [4.78, 5) is 23.7. The highest BCUT2D eigenvalue weighted by Gasteiger charge is 2.26. The van der Waals surface area contributed by atoms with Gasteiger partial charge >= 0.3 is 5.97 Å². The van der Waals surface area contributed by atoms with Gasteiger partial charge in [0.25, 0.3) is 0 Å². The largest absolute Gasteiger partial charge is 0.477 e. The van der Waals surface area contributed by atoms with E-state index in [0.717, 1.165) is 17.7 Å². The van der Waals surface area contributed by atoms with Crippen molar-refractivity contribution in [2.45, 2.75) is 26.2 Å². The molecular formula is C10H10O3S. The first-order valence-corrected chi connectivity index (χ1v) is 5.31. The zero-order valence-electron chi connectivity index (χ0n) is 7.79. The third-order valence-electron chi connectivity index (χ3n) is 2.50. The van der Waals surface area contributed by atoms with E-state index >= 15 is 0 Å². The number of hydrogen-bond donors (Lipinski definition) is 1. The van der Waals surface area contributed by atoms with Crippen LogP contribution in [0.4, 0.5) is 0 Å². The molecule has 1 aromatic heterocycles. The molecule has 14 heavy (non-hydrogen) atoms. The van der Waals surface area contributed by atoms with E-state index in [-0.39, 0.29) is 5.78 Å². The Morgan fingerprint density at radius 2 is 2.14 bits per heavy atom. The van der Waals surface area contributed by atoms with Crippen LogP contribution in [0, 0.1) is 6.92 Å². The minimum Gasteiger partial charge on any atom is -0.477 e. The number of rotatable bonds is 1. The Labute approximate surface area is 85.4 Å². The number of ketones is 1. The average Bonchev–Trinajstić information content (AvgIpc) is 2.45. The van der Waals surface area contributed by atoms with Crippen molar-refractivity contribution in [3.05, 3.63) is 20.9 Å². The number of carboxylic acids is 1. The van der Waals surface area contributed by atoms with Crippen molar-refractivity contribution in [2.75, 3.05) is 0 Å². The number of aryl methyl sites for hydroxylation is 1. The molecule has 0 radical (unpaired) electrons. The summed E-state index contributed by atoms with van der Waals surface area (Å²) in [6.45, 7) is 1.72. The summed E-state index contributed by atoms with van der Waals surface area (Å²) >= 11 is 1.25. The Kier molecular flexibility index (Phi) is 2.15. The van der Waals surface area contributed by atoms with Gasteiger partial charge in [-0.2, -0.15) is 0 Å². The normalized spacial score (nSPS) is 15.4. The second-order valence-corrected chi connectivity index (χ2v) is 4.54. The van der Waals surface area contributed by atoms with Gasteiger partial charge in [-0.25, -0.2) is 4.79 Å². The van der Waals surface area contributed by atoms with Crippen molar-refractivity contribution in [3.8, 4) is 0 Å². The third-order valence-corrected chi connectivity index (χ3v) is 3.84. The molecule has 0 unspecified atom stereocenters. The molecule has 1 aliphatic carbocycles. The van der Waals surface area contributed by atoms with Crippen LogP contribution in [0.2, 0.25) is 0 Å². The van der Waals surface area contributed by atoms with Crippen LogP contribution in [0.5, 0.6) is 0 Å². The molecule has 0 aliphatic heterocycles. The number of fused-ring (bicyclic) bond motifs is 1. The van der Waals surface area contributed by atoms with Crippen LogP contribution in [0.15, 0.2) is 0 Å². The maximum absolute atomic E-state index is 11.6. The summed E-state index contributed by atoms with van der Waals surface area (Å²) in [5, 5.41) is 8.90. The number of hydrogen-bond acceptors (Lipinski definition) is 3. The number of carbonyl (C=O) groups is 2. The molecule has 0 spiro atoms. The SMILES string of the molecule is Cc1c(C(=O)O)sc2c1C(=O)CCC2. The minimum absolute atomic E-state index is 0.104. The maximum atomic E-state index is 11.6. The topological polar surface area (TPSA) is 54.4 Å². The standard InChI is InChI=1S/C10H10O3S/c1-5-8-6(11)3-2-4-7(8)14-9(5)10(12)13/h2-4H2,1H3,(H,12,13). The van der Waals surface area contributed by atoms with Crippen molar-refractivity contribution >= 4 is 23.1 Å². The van der Waals surface area contributed by atoms with Crippen LogP contribution in [-0.4, -0.2) is 16.9 Å². The second kappa shape index (κ2) is 3.20. The van der Waals surface area contributed by atoms with Crippen molar-refractivity contribution in [1.29, 1.82) is 0 Å². The number of thiophene rings is 1. The van der Waals surface area contributed by atoms with Gasteiger partial charge in [-0.1, -0.05) is 0 Å². The van der Waals surface area contributed by atoms with Crippen LogP contribution >= 0.6 is 11.3 Å². The lowest BCUT2D eigenvalue weighted by Crippen LogP contribution is -2.09. The van der Waals surface area contributed by atoms with Crippen molar-refractivity contribution in [3.63, 3.8) is 0 Å². The zero-order valence-corrected chi connectivity index (χ0v) is 8.61. The summed E-state index contributed by atoms with van der Waals surface area (Å²) in [7, 11) is 0. The van der Waals surface area contributed by atoms with E-state index in [0.29, 0.717) is 22.4 Å². The van der Waals surface area contributed by atoms with Crippen molar-refractivity contribution in [2.24, 2.45) is 0 Å². The number of carboxylic acid groups (broad SMARTS) is 1. The number of Topliss-reactive ketones (excluding diaryl/α,β-unsaturated/α-hetero) is 1. The molecule has 0 bridgehead atoms. The molecule has 0 saturated heterocycles. The van der Waals surface area contributed by atoms with Crippen molar-refractivity contribution in [1.82, 2.24) is 0 Å². The van der Waals surface area contributed by atoms with Crippen LogP contribution in [-0.2, 0) is 6.42 Å². The van der Waals surface area contributed by atoms with E-state index in [2.05, 4.69) is 0 Å². The molecule has 74 valence electrons. The van der Waals surface area contributed by atoms with E-state index in [1.54, 1.807) is 6.92 Å². The Morgan fingerprint density at radius 1 is 1.43 bits per heavy atom. The fraction of sp³-hybridized carbons (Fsp3) is 0.400. The molecular weight excluding hydrogens is 200 g/mol. The zero-order chi connectivity index (χ0) is 10.3. The molecule has 1 heterocycles. The molecule has 1 aliphatic rings. The summed E-state index contributed by atoms with van der Waals surface area (Å²) < 4.78 is 0. The third kappa shape index (κ3) is 1.26. The van der Waals surface area contributed by atoms with Gasteiger partial charge in [-0.05, 0) is 25.3 Å². The van der Waals surface area contributed by atoms with Gasteiger partial charge in [0.15, 0.2) is 5.78 Å². The Morgan fingerprint density at radius 3 is 2.71 bits per heavy atom. The first kappa shape index (κ1) is 9.40.